The fraction of sp³-hybridized carbons (Fsp3) is 0.222. The second-order valence-electron chi connectivity index (χ2n) is 5.72. The van der Waals surface area contributed by atoms with Crippen molar-refractivity contribution < 1.29 is 22.4 Å². The van der Waals surface area contributed by atoms with E-state index in [0.717, 1.165) is 23.1 Å². The number of anilines is 1. The molecule has 0 aromatic heterocycles. The first kappa shape index (κ1) is 20.5. The summed E-state index contributed by atoms with van der Waals surface area (Å²) in [6.07, 6.45) is 0. The van der Waals surface area contributed by atoms with Crippen molar-refractivity contribution in [2.45, 2.75) is 11.8 Å². The third-order valence-electron chi connectivity index (χ3n) is 3.60. The molecule has 0 saturated carbocycles. The van der Waals surface area contributed by atoms with Gasteiger partial charge in [0, 0.05) is 19.3 Å². The molecule has 2 aromatic carbocycles. The topological polar surface area (TPSA) is 95.6 Å². The number of amides is 2. The second kappa shape index (κ2) is 8.74. The van der Waals surface area contributed by atoms with Crippen molar-refractivity contribution in [3.63, 3.8) is 0 Å². The molecule has 2 aromatic rings. The number of nitrogens with zero attached hydrogens (tertiary/aromatic N) is 1. The van der Waals surface area contributed by atoms with Crippen LogP contribution in [0.15, 0.2) is 53.4 Å². The van der Waals surface area contributed by atoms with E-state index in [0.29, 0.717) is 5.69 Å². The van der Waals surface area contributed by atoms with E-state index in [-0.39, 0.29) is 18.0 Å². The number of nitrogens with one attached hydrogen (secondary N) is 2. The smallest absolute Gasteiger partial charge is 0.257 e. The van der Waals surface area contributed by atoms with Gasteiger partial charge in [0.05, 0.1) is 17.0 Å². The van der Waals surface area contributed by atoms with Crippen molar-refractivity contribution in [1.82, 2.24) is 9.62 Å². The molecule has 0 fully saturated rings. The maximum atomic E-state index is 14.1. The van der Waals surface area contributed by atoms with E-state index in [1.807, 2.05) is 0 Å². The Kier molecular flexibility index (Phi) is 6.65. The summed E-state index contributed by atoms with van der Waals surface area (Å²) < 4.78 is 40.4. The normalized spacial score (nSPS) is 11.1. The van der Waals surface area contributed by atoms with E-state index in [9.17, 15) is 22.4 Å². The minimum atomic E-state index is -3.84. The molecule has 2 amide bonds. The minimum Gasteiger partial charge on any atom is -0.332 e. The highest BCUT2D eigenvalue weighted by atomic mass is 32.2. The Bertz CT molecular complexity index is 933. The van der Waals surface area contributed by atoms with Crippen LogP contribution in [-0.4, -0.2) is 45.3 Å². The number of likely N-dealkylation sites (N-methyl/N-ethyl adjacent to an activating group) is 1. The molecule has 2 rings (SSSR count). The Morgan fingerprint density at radius 3 is 2.41 bits per heavy atom. The van der Waals surface area contributed by atoms with Gasteiger partial charge in [0.1, 0.15) is 5.82 Å². The molecule has 0 bridgehead atoms. The molecule has 7 nitrogen and oxygen atoms in total. The average molecular weight is 393 g/mol. The third kappa shape index (κ3) is 5.35. The van der Waals surface area contributed by atoms with Gasteiger partial charge in [-0.05, 0) is 30.3 Å². The van der Waals surface area contributed by atoms with Gasteiger partial charge in [-0.25, -0.2) is 17.5 Å². The van der Waals surface area contributed by atoms with E-state index in [1.165, 1.54) is 7.05 Å². The third-order valence-corrected chi connectivity index (χ3v) is 5.14. The first-order valence-corrected chi connectivity index (χ1v) is 9.62. The number of carbonyl (C=O) groups excluding carboxylic acids is 2. The zero-order valence-corrected chi connectivity index (χ0v) is 15.7. The van der Waals surface area contributed by atoms with E-state index in [4.69, 9.17) is 0 Å². The van der Waals surface area contributed by atoms with Crippen molar-refractivity contribution in [1.29, 1.82) is 0 Å². The summed E-state index contributed by atoms with van der Waals surface area (Å²) in [4.78, 5) is 25.3. The van der Waals surface area contributed by atoms with Gasteiger partial charge in [-0.3, -0.25) is 9.59 Å². The summed E-state index contributed by atoms with van der Waals surface area (Å²) in [5, 5.41) is 2.61. The first-order chi connectivity index (χ1) is 12.7. The number of benzene rings is 2. The van der Waals surface area contributed by atoms with Crippen molar-refractivity contribution in [2.75, 3.05) is 25.5 Å². The largest absolute Gasteiger partial charge is 0.332 e. The van der Waals surface area contributed by atoms with Crippen LogP contribution in [0.3, 0.4) is 0 Å². The molecule has 2 N–H and O–H groups in total. The van der Waals surface area contributed by atoms with Crippen LogP contribution in [0, 0.1) is 5.82 Å². The number of rotatable bonds is 7. The maximum absolute atomic E-state index is 14.1. The lowest BCUT2D eigenvalue weighted by Crippen LogP contribution is -2.35. The summed E-state index contributed by atoms with van der Waals surface area (Å²) in [7, 11) is -2.51. The second-order valence-corrected chi connectivity index (χ2v) is 7.49. The lowest BCUT2D eigenvalue weighted by molar-refractivity contribution is -0.116. The predicted molar refractivity (Wildman–Crippen MR) is 99.3 cm³/mol. The average Bonchev–Trinajstić information content (AvgIpc) is 2.62. The standard InChI is InChI=1S/C18H20FN3O4S/c1-3-20-27(25,26)14-9-10-16(19)15(11-14)18(24)22(2)12-17(23)21-13-7-5-4-6-8-13/h4-11,20H,3,12H2,1-2H3,(H,21,23). The SMILES string of the molecule is CCNS(=O)(=O)c1ccc(F)c(C(=O)N(C)CC(=O)Nc2ccccc2)c1. The summed E-state index contributed by atoms with van der Waals surface area (Å²) in [5.74, 6) is -2.14. The first-order valence-electron chi connectivity index (χ1n) is 8.14. The number of sulfonamides is 1. The van der Waals surface area contributed by atoms with Crippen LogP contribution in [0.1, 0.15) is 17.3 Å². The molecule has 0 heterocycles. The highest BCUT2D eigenvalue weighted by Crippen LogP contribution is 2.17. The van der Waals surface area contributed by atoms with Crippen LogP contribution in [0.25, 0.3) is 0 Å². The summed E-state index contributed by atoms with van der Waals surface area (Å²) in [5.41, 5.74) is 0.136. The highest BCUT2D eigenvalue weighted by Gasteiger charge is 2.22. The Morgan fingerprint density at radius 2 is 1.78 bits per heavy atom. The molecule has 0 saturated heterocycles. The molecule has 9 heteroatoms. The van der Waals surface area contributed by atoms with Crippen LogP contribution in [-0.2, 0) is 14.8 Å². The molecule has 144 valence electrons. The van der Waals surface area contributed by atoms with Crippen molar-refractivity contribution >= 4 is 27.5 Å². The van der Waals surface area contributed by atoms with E-state index in [2.05, 4.69) is 10.0 Å². The van der Waals surface area contributed by atoms with Crippen LogP contribution >= 0.6 is 0 Å². The van der Waals surface area contributed by atoms with Gasteiger partial charge in [0.15, 0.2) is 0 Å². The summed E-state index contributed by atoms with van der Waals surface area (Å²) >= 11 is 0. The van der Waals surface area contributed by atoms with Crippen molar-refractivity contribution in [2.24, 2.45) is 0 Å². The zero-order chi connectivity index (χ0) is 20.0. The number of hydrogen-bond acceptors (Lipinski definition) is 4. The molecular weight excluding hydrogens is 373 g/mol. The lowest BCUT2D eigenvalue weighted by Gasteiger charge is -2.18. The Hall–Kier alpha value is -2.78. The summed E-state index contributed by atoms with van der Waals surface area (Å²) in [6, 6.07) is 11.6. The molecule has 0 unspecified atom stereocenters. The molecule has 0 spiro atoms. The number of carbonyl (C=O) groups is 2. The fourth-order valence-corrected chi connectivity index (χ4v) is 3.39. The van der Waals surface area contributed by atoms with Crippen LogP contribution in [0.4, 0.5) is 10.1 Å². The zero-order valence-electron chi connectivity index (χ0n) is 14.9. The van der Waals surface area contributed by atoms with Gasteiger partial charge in [0.2, 0.25) is 15.9 Å². The van der Waals surface area contributed by atoms with Gasteiger partial charge < -0.3 is 10.2 Å². The highest BCUT2D eigenvalue weighted by molar-refractivity contribution is 7.89. The lowest BCUT2D eigenvalue weighted by atomic mass is 10.2. The monoisotopic (exact) mass is 393 g/mol. The minimum absolute atomic E-state index is 0.155. The van der Waals surface area contributed by atoms with E-state index in [1.54, 1.807) is 37.3 Å². The van der Waals surface area contributed by atoms with Gasteiger partial charge in [-0.15, -0.1) is 0 Å². The quantitative estimate of drug-likeness (QED) is 0.750. The van der Waals surface area contributed by atoms with Crippen LogP contribution < -0.4 is 10.0 Å². The van der Waals surface area contributed by atoms with Gasteiger partial charge in [0.25, 0.3) is 5.91 Å². The predicted octanol–water partition coefficient (Wildman–Crippen LogP) is 1.83. The van der Waals surface area contributed by atoms with Crippen LogP contribution in [0.2, 0.25) is 0 Å². The molecular formula is C18H20FN3O4S. The van der Waals surface area contributed by atoms with Gasteiger partial charge in [-0.1, -0.05) is 25.1 Å². The molecule has 0 radical (unpaired) electrons. The Balaban J connectivity index is 2.15. The fourth-order valence-electron chi connectivity index (χ4n) is 2.32. The number of para-hydroxylation sites is 1. The molecule has 0 aliphatic heterocycles. The van der Waals surface area contributed by atoms with Gasteiger partial charge in [-0.2, -0.15) is 0 Å². The molecule has 0 aliphatic rings. The molecule has 27 heavy (non-hydrogen) atoms. The van der Waals surface area contributed by atoms with Crippen molar-refractivity contribution in [3.05, 3.63) is 59.9 Å². The summed E-state index contributed by atoms with van der Waals surface area (Å²) in [6.45, 7) is 1.44. The van der Waals surface area contributed by atoms with Crippen LogP contribution in [0.5, 0.6) is 0 Å². The van der Waals surface area contributed by atoms with E-state index >= 15 is 0 Å². The molecule has 0 aliphatic carbocycles. The van der Waals surface area contributed by atoms with Crippen molar-refractivity contribution in [3.8, 4) is 0 Å². The molecule has 0 atom stereocenters. The Morgan fingerprint density at radius 1 is 1.11 bits per heavy atom. The van der Waals surface area contributed by atoms with E-state index < -0.39 is 33.2 Å². The maximum Gasteiger partial charge on any atom is 0.257 e. The van der Waals surface area contributed by atoms with Gasteiger partial charge >= 0.3 is 0 Å². The Labute approximate surface area is 157 Å². The number of halogens is 1. The number of hydrogen-bond donors (Lipinski definition) is 2.